The van der Waals surface area contributed by atoms with Crippen molar-refractivity contribution >= 4 is 15.7 Å². The third-order valence-corrected chi connectivity index (χ3v) is 6.68. The molecule has 1 aliphatic heterocycles. The minimum atomic E-state index is -4.47. The first-order chi connectivity index (χ1) is 16.6. The van der Waals surface area contributed by atoms with Crippen molar-refractivity contribution in [2.24, 2.45) is 5.41 Å². The van der Waals surface area contributed by atoms with E-state index in [0.717, 1.165) is 18.4 Å². The Kier molecular flexibility index (Phi) is 6.40. The largest absolute Gasteiger partial charge is 0.492 e. The molecule has 4 rings (SSSR count). The molecule has 0 fully saturated rings. The number of benzene rings is 2. The van der Waals surface area contributed by atoms with Gasteiger partial charge in [0.1, 0.15) is 5.75 Å². The number of hydrogen-bond acceptors (Lipinski definition) is 5. The summed E-state index contributed by atoms with van der Waals surface area (Å²) in [6.07, 6.45) is -1.81. The number of aromatic nitrogens is 2. The Bertz CT molecular complexity index is 1400. The molecule has 11 heteroatoms. The number of hydrogen-bond donors (Lipinski definition) is 0. The van der Waals surface area contributed by atoms with E-state index in [-0.39, 0.29) is 40.4 Å². The van der Waals surface area contributed by atoms with Gasteiger partial charge in [-0.15, -0.1) is 0 Å². The Labute approximate surface area is 207 Å². The summed E-state index contributed by atoms with van der Waals surface area (Å²) in [6, 6.07) is 9.05. The molecule has 1 aromatic heterocycles. The third kappa shape index (κ3) is 5.56. The van der Waals surface area contributed by atoms with Gasteiger partial charge in [-0.3, -0.25) is 4.79 Å². The van der Waals surface area contributed by atoms with Crippen molar-refractivity contribution in [3.63, 3.8) is 0 Å². The molecule has 3 aromatic rings. The number of sulfone groups is 1. The van der Waals surface area contributed by atoms with Crippen LogP contribution in [0.15, 0.2) is 53.6 Å². The van der Waals surface area contributed by atoms with Crippen molar-refractivity contribution in [2.75, 3.05) is 12.9 Å². The molecule has 0 bridgehead atoms. The standard InChI is InChI=1S/C25H26F3N3O4S/c1-24(2,3)15-35-22-9-8-19(36(4,33)34)11-20(22)23(32)30-12-16-13-31(29-21(16)14-30)18-7-5-6-17(10-18)25(26,27)28/h5-11,13H,12,14-15H2,1-4H3. The lowest BCUT2D eigenvalue weighted by Crippen LogP contribution is -2.27. The summed E-state index contributed by atoms with van der Waals surface area (Å²) in [4.78, 5) is 14.9. The fourth-order valence-electron chi connectivity index (χ4n) is 3.75. The van der Waals surface area contributed by atoms with E-state index in [2.05, 4.69) is 5.10 Å². The summed E-state index contributed by atoms with van der Waals surface area (Å²) < 4.78 is 70.7. The zero-order chi connectivity index (χ0) is 26.5. The Morgan fingerprint density at radius 2 is 1.81 bits per heavy atom. The summed E-state index contributed by atoms with van der Waals surface area (Å²) >= 11 is 0. The molecule has 0 unspecified atom stereocenters. The molecule has 0 radical (unpaired) electrons. The molecule has 1 aliphatic rings. The molecule has 7 nitrogen and oxygen atoms in total. The Morgan fingerprint density at radius 3 is 2.42 bits per heavy atom. The lowest BCUT2D eigenvalue weighted by molar-refractivity contribution is -0.137. The highest BCUT2D eigenvalue weighted by Gasteiger charge is 2.32. The van der Waals surface area contributed by atoms with Crippen LogP contribution in [0, 0.1) is 5.41 Å². The molecule has 0 aliphatic carbocycles. The van der Waals surface area contributed by atoms with E-state index < -0.39 is 27.5 Å². The van der Waals surface area contributed by atoms with Gasteiger partial charge in [-0.25, -0.2) is 13.1 Å². The van der Waals surface area contributed by atoms with Gasteiger partial charge in [0.15, 0.2) is 9.84 Å². The molecule has 0 atom stereocenters. The molecule has 192 valence electrons. The van der Waals surface area contributed by atoms with Crippen LogP contribution in [0.5, 0.6) is 5.75 Å². The SMILES string of the molecule is CC(C)(C)COc1ccc(S(C)(=O)=O)cc1C(=O)N1Cc2cn(-c3cccc(C(F)(F)F)c3)nc2C1. The average molecular weight is 522 g/mol. The topological polar surface area (TPSA) is 81.5 Å². The van der Waals surface area contributed by atoms with Crippen molar-refractivity contribution in [3.8, 4) is 11.4 Å². The zero-order valence-electron chi connectivity index (χ0n) is 20.3. The number of alkyl halides is 3. The van der Waals surface area contributed by atoms with Gasteiger partial charge in [0, 0.05) is 24.6 Å². The van der Waals surface area contributed by atoms with Crippen LogP contribution in [-0.2, 0) is 29.1 Å². The number of ether oxygens (including phenoxy) is 1. The first kappa shape index (κ1) is 25.7. The van der Waals surface area contributed by atoms with Gasteiger partial charge in [0.05, 0.1) is 40.6 Å². The average Bonchev–Trinajstić information content (AvgIpc) is 3.35. The quantitative estimate of drug-likeness (QED) is 0.478. The van der Waals surface area contributed by atoms with E-state index in [1.807, 2.05) is 20.8 Å². The smallest absolute Gasteiger partial charge is 0.416 e. The van der Waals surface area contributed by atoms with E-state index in [1.54, 1.807) is 6.20 Å². The summed E-state index contributed by atoms with van der Waals surface area (Å²) in [5, 5.41) is 4.39. The summed E-state index contributed by atoms with van der Waals surface area (Å²) in [6.45, 7) is 6.54. The Hall–Kier alpha value is -3.34. The highest BCUT2D eigenvalue weighted by molar-refractivity contribution is 7.90. The maximum atomic E-state index is 13.4. The number of halogens is 3. The minimum Gasteiger partial charge on any atom is -0.492 e. The third-order valence-electron chi connectivity index (χ3n) is 5.57. The fourth-order valence-corrected chi connectivity index (χ4v) is 4.40. The number of carbonyl (C=O) groups excluding carboxylic acids is 1. The predicted octanol–water partition coefficient (Wildman–Crippen LogP) is 4.88. The van der Waals surface area contributed by atoms with Crippen LogP contribution in [0.4, 0.5) is 13.2 Å². The Balaban J connectivity index is 1.59. The molecular formula is C25H26F3N3O4S. The van der Waals surface area contributed by atoms with Crippen molar-refractivity contribution in [3.05, 3.63) is 71.0 Å². The number of fused-ring (bicyclic) bond motifs is 1. The van der Waals surface area contributed by atoms with Gasteiger partial charge in [-0.2, -0.15) is 18.3 Å². The molecule has 2 aromatic carbocycles. The number of carbonyl (C=O) groups is 1. The maximum absolute atomic E-state index is 13.4. The molecule has 2 heterocycles. The lowest BCUT2D eigenvalue weighted by atomic mass is 9.98. The second-order valence-electron chi connectivity index (χ2n) is 10.0. The van der Waals surface area contributed by atoms with Crippen molar-refractivity contribution in [1.29, 1.82) is 0 Å². The molecule has 0 spiro atoms. The van der Waals surface area contributed by atoms with E-state index in [9.17, 15) is 26.4 Å². The highest BCUT2D eigenvalue weighted by Crippen LogP contribution is 2.32. The van der Waals surface area contributed by atoms with Crippen LogP contribution < -0.4 is 4.74 Å². The zero-order valence-corrected chi connectivity index (χ0v) is 21.1. The van der Waals surface area contributed by atoms with Crippen LogP contribution in [0.25, 0.3) is 5.69 Å². The van der Waals surface area contributed by atoms with Crippen LogP contribution in [0.2, 0.25) is 0 Å². The van der Waals surface area contributed by atoms with E-state index >= 15 is 0 Å². The normalized spacial score (nSPS) is 14.1. The molecule has 0 saturated heterocycles. The monoisotopic (exact) mass is 521 g/mol. The number of amides is 1. The highest BCUT2D eigenvalue weighted by atomic mass is 32.2. The van der Waals surface area contributed by atoms with Gasteiger partial charge < -0.3 is 9.64 Å². The number of rotatable bonds is 5. The van der Waals surface area contributed by atoms with Crippen molar-refractivity contribution in [2.45, 2.75) is 44.9 Å². The van der Waals surface area contributed by atoms with Gasteiger partial charge in [0.25, 0.3) is 5.91 Å². The minimum absolute atomic E-state index is 0.000581. The fraction of sp³-hybridized carbons (Fsp3) is 0.360. The first-order valence-electron chi connectivity index (χ1n) is 11.1. The molecule has 0 N–H and O–H groups in total. The second-order valence-corrected chi connectivity index (χ2v) is 12.1. The van der Waals surface area contributed by atoms with Crippen LogP contribution in [0.1, 0.15) is 48.0 Å². The van der Waals surface area contributed by atoms with E-state index in [0.29, 0.717) is 17.9 Å². The van der Waals surface area contributed by atoms with Crippen molar-refractivity contribution < 1.29 is 31.1 Å². The van der Waals surface area contributed by atoms with Gasteiger partial charge >= 0.3 is 6.18 Å². The second kappa shape index (κ2) is 8.95. The summed E-state index contributed by atoms with van der Waals surface area (Å²) in [7, 11) is -3.56. The summed E-state index contributed by atoms with van der Waals surface area (Å²) in [5.74, 6) is -0.145. The van der Waals surface area contributed by atoms with Gasteiger partial charge in [-0.05, 0) is 41.8 Å². The lowest BCUT2D eigenvalue weighted by Gasteiger charge is -2.22. The van der Waals surface area contributed by atoms with Crippen LogP contribution in [0.3, 0.4) is 0 Å². The molecule has 0 saturated carbocycles. The van der Waals surface area contributed by atoms with E-state index in [4.69, 9.17) is 4.74 Å². The molecule has 1 amide bonds. The van der Waals surface area contributed by atoms with Gasteiger partial charge in [0.2, 0.25) is 0 Å². The molecular weight excluding hydrogens is 495 g/mol. The number of nitrogens with zero attached hydrogens (tertiary/aromatic N) is 3. The first-order valence-corrected chi connectivity index (χ1v) is 13.0. The van der Waals surface area contributed by atoms with Gasteiger partial charge in [-0.1, -0.05) is 26.8 Å². The predicted molar refractivity (Wildman–Crippen MR) is 127 cm³/mol. The summed E-state index contributed by atoms with van der Waals surface area (Å²) in [5.41, 5.74) is 0.664. The van der Waals surface area contributed by atoms with Crippen molar-refractivity contribution in [1.82, 2.24) is 14.7 Å². The molecule has 36 heavy (non-hydrogen) atoms. The van der Waals surface area contributed by atoms with E-state index in [1.165, 1.54) is 39.9 Å². The Morgan fingerprint density at radius 1 is 1.08 bits per heavy atom. The van der Waals surface area contributed by atoms with Crippen LogP contribution in [-0.4, -0.2) is 41.9 Å². The van der Waals surface area contributed by atoms with Crippen LogP contribution >= 0.6 is 0 Å². The maximum Gasteiger partial charge on any atom is 0.416 e.